The maximum absolute atomic E-state index is 11.9. The van der Waals surface area contributed by atoms with Gasteiger partial charge in [0.1, 0.15) is 5.75 Å². The van der Waals surface area contributed by atoms with Gasteiger partial charge in [-0.05, 0) is 77.1 Å². The summed E-state index contributed by atoms with van der Waals surface area (Å²) >= 11 is 0. The Morgan fingerprint density at radius 3 is 2.48 bits per heavy atom. The number of nitrogens with zero attached hydrogens (tertiary/aromatic N) is 1. The molecule has 176 valence electrons. The van der Waals surface area contributed by atoms with E-state index < -0.39 is 0 Å². The molecule has 0 saturated heterocycles. The van der Waals surface area contributed by atoms with Gasteiger partial charge in [-0.2, -0.15) is 0 Å². The second-order valence-corrected chi connectivity index (χ2v) is 8.32. The Morgan fingerprint density at radius 2 is 1.87 bits per heavy atom. The van der Waals surface area contributed by atoms with Crippen molar-refractivity contribution in [3.05, 3.63) is 24.3 Å². The fraction of sp³-hybridized carbons (Fsp3) is 0.652. The zero-order chi connectivity index (χ0) is 21.8. The normalized spacial score (nSPS) is 13.7. The molecule has 0 radical (unpaired) electrons. The van der Waals surface area contributed by atoms with Crippen LogP contribution in [0.15, 0.2) is 29.3 Å². The molecular formula is C23H39IN4O3. The molecule has 7 nitrogen and oxygen atoms in total. The number of nitrogens with one attached hydrogen (secondary N) is 3. The average molecular weight is 546 g/mol. The number of anilines is 1. The molecule has 2 rings (SSSR count). The summed E-state index contributed by atoms with van der Waals surface area (Å²) in [7, 11) is 0. The molecule has 0 aliphatic heterocycles. The van der Waals surface area contributed by atoms with Gasteiger partial charge in [0, 0.05) is 44.5 Å². The van der Waals surface area contributed by atoms with E-state index in [2.05, 4.69) is 20.9 Å². The molecule has 0 spiro atoms. The minimum absolute atomic E-state index is 0. The first kappa shape index (κ1) is 27.5. The van der Waals surface area contributed by atoms with Crippen LogP contribution in [-0.4, -0.2) is 50.3 Å². The van der Waals surface area contributed by atoms with Crippen LogP contribution in [0.1, 0.15) is 53.4 Å². The maximum Gasteiger partial charge on any atom is 0.221 e. The molecule has 1 aliphatic carbocycles. The van der Waals surface area contributed by atoms with Gasteiger partial charge in [-0.25, -0.2) is 0 Å². The Balaban J connectivity index is 0.00000480. The highest BCUT2D eigenvalue weighted by atomic mass is 127. The highest BCUT2D eigenvalue weighted by molar-refractivity contribution is 14.0. The number of guanidine groups is 1. The van der Waals surface area contributed by atoms with E-state index in [-0.39, 0.29) is 42.0 Å². The van der Waals surface area contributed by atoms with E-state index >= 15 is 0 Å². The standard InChI is InChI=1S/C23H38N4O3.HI/c1-17(2)26-22(28)12-14-25-23(24-13-5-15-29-16-19-6-7-19)27-20-8-10-21(11-9-20)30-18(3)4;/h8-11,17-19H,5-7,12-16H2,1-4H3,(H,26,28)(H2,24,25,27);1H. The molecule has 0 aromatic heterocycles. The van der Waals surface area contributed by atoms with Gasteiger partial charge in [-0.3, -0.25) is 9.79 Å². The van der Waals surface area contributed by atoms with E-state index in [4.69, 9.17) is 9.47 Å². The summed E-state index contributed by atoms with van der Waals surface area (Å²) in [6.07, 6.45) is 4.02. The zero-order valence-electron chi connectivity index (χ0n) is 19.3. The molecule has 31 heavy (non-hydrogen) atoms. The number of rotatable bonds is 13. The smallest absolute Gasteiger partial charge is 0.221 e. The molecule has 0 atom stereocenters. The van der Waals surface area contributed by atoms with Crippen molar-refractivity contribution in [2.24, 2.45) is 10.9 Å². The second kappa shape index (κ2) is 15.3. The number of hydrogen-bond donors (Lipinski definition) is 3. The SMILES string of the molecule is CC(C)NC(=O)CCNC(=NCCCOCC1CC1)Nc1ccc(OC(C)C)cc1.I. The van der Waals surface area contributed by atoms with Crippen molar-refractivity contribution < 1.29 is 14.3 Å². The van der Waals surface area contributed by atoms with Crippen LogP contribution in [0.4, 0.5) is 5.69 Å². The number of halogens is 1. The van der Waals surface area contributed by atoms with E-state index in [1.54, 1.807) is 0 Å². The molecule has 0 heterocycles. The van der Waals surface area contributed by atoms with Gasteiger partial charge in [-0.1, -0.05) is 0 Å². The fourth-order valence-electron chi connectivity index (χ4n) is 2.75. The van der Waals surface area contributed by atoms with Crippen LogP contribution in [0, 0.1) is 5.92 Å². The number of ether oxygens (including phenoxy) is 2. The predicted molar refractivity (Wildman–Crippen MR) is 138 cm³/mol. The summed E-state index contributed by atoms with van der Waals surface area (Å²) in [5.41, 5.74) is 0.911. The summed E-state index contributed by atoms with van der Waals surface area (Å²) in [6, 6.07) is 7.92. The third-order valence-corrected chi connectivity index (χ3v) is 4.35. The van der Waals surface area contributed by atoms with E-state index in [1.165, 1.54) is 12.8 Å². The number of amides is 1. The van der Waals surface area contributed by atoms with Crippen LogP contribution in [0.2, 0.25) is 0 Å². The average Bonchev–Trinajstić information content (AvgIpc) is 3.49. The van der Waals surface area contributed by atoms with Gasteiger partial charge >= 0.3 is 0 Å². The van der Waals surface area contributed by atoms with Crippen LogP contribution in [-0.2, 0) is 9.53 Å². The summed E-state index contributed by atoms with van der Waals surface area (Å²) in [6.45, 7) is 10.7. The number of hydrogen-bond acceptors (Lipinski definition) is 4. The van der Waals surface area contributed by atoms with Gasteiger partial charge in [-0.15, -0.1) is 24.0 Å². The van der Waals surface area contributed by atoms with Crippen LogP contribution >= 0.6 is 24.0 Å². The molecule has 8 heteroatoms. The zero-order valence-corrected chi connectivity index (χ0v) is 21.6. The molecule has 1 saturated carbocycles. The third kappa shape index (κ3) is 13.5. The van der Waals surface area contributed by atoms with Gasteiger partial charge in [0.15, 0.2) is 5.96 Å². The number of benzene rings is 1. The van der Waals surface area contributed by atoms with E-state index in [0.717, 1.165) is 37.0 Å². The Hall–Kier alpha value is -1.55. The number of carbonyl (C=O) groups excluding carboxylic acids is 1. The maximum atomic E-state index is 11.9. The van der Waals surface area contributed by atoms with E-state index in [0.29, 0.717) is 25.5 Å². The van der Waals surface area contributed by atoms with E-state index in [1.807, 2.05) is 52.0 Å². The molecule has 0 unspecified atom stereocenters. The number of carbonyl (C=O) groups is 1. The Kier molecular flexibility index (Phi) is 13.6. The van der Waals surface area contributed by atoms with Gasteiger partial charge in [0.05, 0.1) is 6.10 Å². The highest BCUT2D eigenvalue weighted by Gasteiger charge is 2.20. The fourth-order valence-corrected chi connectivity index (χ4v) is 2.75. The van der Waals surface area contributed by atoms with Crippen molar-refractivity contribution in [3.63, 3.8) is 0 Å². The first-order valence-corrected chi connectivity index (χ1v) is 11.1. The molecule has 1 aliphatic rings. The van der Waals surface area contributed by atoms with Gasteiger partial charge in [0.2, 0.25) is 5.91 Å². The summed E-state index contributed by atoms with van der Waals surface area (Å²) < 4.78 is 11.4. The van der Waals surface area contributed by atoms with Crippen LogP contribution in [0.3, 0.4) is 0 Å². The largest absolute Gasteiger partial charge is 0.491 e. The topological polar surface area (TPSA) is 84.0 Å². The lowest BCUT2D eigenvalue weighted by atomic mass is 10.3. The summed E-state index contributed by atoms with van der Waals surface area (Å²) in [5.74, 6) is 2.31. The van der Waals surface area contributed by atoms with Crippen molar-refractivity contribution in [1.82, 2.24) is 10.6 Å². The Bertz CT molecular complexity index is 661. The summed E-state index contributed by atoms with van der Waals surface area (Å²) in [5, 5.41) is 9.45. The quantitative estimate of drug-likeness (QED) is 0.150. The molecule has 0 bridgehead atoms. The monoisotopic (exact) mass is 546 g/mol. The summed E-state index contributed by atoms with van der Waals surface area (Å²) in [4.78, 5) is 16.5. The predicted octanol–water partition coefficient (Wildman–Crippen LogP) is 4.18. The van der Waals surface area contributed by atoms with Gasteiger partial charge < -0.3 is 25.4 Å². The Labute approximate surface area is 204 Å². The molecule has 1 aromatic carbocycles. The first-order valence-electron chi connectivity index (χ1n) is 11.1. The van der Waals surface area contributed by atoms with E-state index in [9.17, 15) is 4.79 Å². The lowest BCUT2D eigenvalue weighted by Gasteiger charge is -2.14. The van der Waals surface area contributed by atoms with Crippen molar-refractivity contribution >= 4 is 41.5 Å². The minimum Gasteiger partial charge on any atom is -0.491 e. The highest BCUT2D eigenvalue weighted by Crippen LogP contribution is 2.28. The van der Waals surface area contributed by atoms with Crippen LogP contribution in [0.25, 0.3) is 0 Å². The number of aliphatic imine (C=N–C) groups is 1. The van der Waals surface area contributed by atoms with Crippen LogP contribution in [0.5, 0.6) is 5.75 Å². The first-order chi connectivity index (χ1) is 14.4. The van der Waals surface area contributed by atoms with Crippen molar-refractivity contribution in [2.45, 2.75) is 65.5 Å². The lowest BCUT2D eigenvalue weighted by molar-refractivity contribution is -0.121. The third-order valence-electron chi connectivity index (χ3n) is 4.35. The van der Waals surface area contributed by atoms with Crippen molar-refractivity contribution in [2.75, 3.05) is 31.6 Å². The molecule has 1 amide bonds. The van der Waals surface area contributed by atoms with Crippen LogP contribution < -0.4 is 20.7 Å². The van der Waals surface area contributed by atoms with Crippen molar-refractivity contribution in [1.29, 1.82) is 0 Å². The van der Waals surface area contributed by atoms with Gasteiger partial charge in [0.25, 0.3) is 0 Å². The molecule has 1 aromatic rings. The molecular weight excluding hydrogens is 507 g/mol. The van der Waals surface area contributed by atoms with Crippen molar-refractivity contribution in [3.8, 4) is 5.75 Å². The lowest BCUT2D eigenvalue weighted by Crippen LogP contribution is -2.36. The minimum atomic E-state index is 0. The second-order valence-electron chi connectivity index (χ2n) is 8.32. The molecule has 3 N–H and O–H groups in total. The molecule has 1 fully saturated rings. The Morgan fingerprint density at radius 1 is 1.16 bits per heavy atom.